The second-order valence-corrected chi connectivity index (χ2v) is 11.5. The number of H-pyrrole nitrogens is 1. The lowest BCUT2D eigenvalue weighted by Gasteiger charge is -2.23. The topological polar surface area (TPSA) is 137 Å². The van der Waals surface area contributed by atoms with E-state index in [0.717, 1.165) is 22.7 Å². The minimum Gasteiger partial charge on any atom is -0.494 e. The maximum Gasteiger partial charge on any atom is 0.285 e. The van der Waals surface area contributed by atoms with Crippen molar-refractivity contribution >= 4 is 49.8 Å². The number of anilines is 1. The maximum atomic E-state index is 13.7. The standard InChI is InChI=1S/C30H26ClN5O5S/c31-22-9-11-23(12-10-22)36(20-28(37)34-35-29-26-7-1-2-8-27(26)33-30(29)38)42(39,40)25-15-13-24(14-16-25)41-18-4-6-21-5-3-17-32-19-21/h1-3,5,7-17,19,33,38H,4,6,18,20H2. The highest BCUT2D eigenvalue weighted by molar-refractivity contribution is 7.92. The summed E-state index contributed by atoms with van der Waals surface area (Å²) in [6, 6.07) is 22.9. The summed E-state index contributed by atoms with van der Waals surface area (Å²) < 4.78 is 34.2. The van der Waals surface area contributed by atoms with Crippen LogP contribution in [0.2, 0.25) is 5.02 Å². The molecule has 0 bridgehead atoms. The fourth-order valence-electron chi connectivity index (χ4n) is 4.24. The van der Waals surface area contributed by atoms with Gasteiger partial charge < -0.3 is 14.8 Å². The molecular weight excluding hydrogens is 578 g/mol. The number of aromatic hydroxyl groups is 1. The lowest BCUT2D eigenvalue weighted by molar-refractivity contribution is -0.116. The van der Waals surface area contributed by atoms with Crippen LogP contribution in [0, 0.1) is 0 Å². The molecule has 42 heavy (non-hydrogen) atoms. The Morgan fingerprint density at radius 1 is 1.00 bits per heavy atom. The fraction of sp³-hybridized carbons (Fsp3) is 0.133. The van der Waals surface area contributed by atoms with Gasteiger partial charge in [-0.2, -0.15) is 0 Å². The molecule has 0 aliphatic heterocycles. The Balaban J connectivity index is 1.31. The second kappa shape index (κ2) is 12.8. The van der Waals surface area contributed by atoms with Gasteiger partial charge >= 0.3 is 0 Å². The summed E-state index contributed by atoms with van der Waals surface area (Å²) >= 11 is 6.01. The van der Waals surface area contributed by atoms with Gasteiger partial charge in [0.05, 0.1) is 22.7 Å². The molecule has 2 aromatic heterocycles. The minimum atomic E-state index is -4.21. The van der Waals surface area contributed by atoms with Crippen molar-refractivity contribution in [2.45, 2.75) is 17.7 Å². The first-order chi connectivity index (χ1) is 20.3. The number of ether oxygens (including phenoxy) is 1. The maximum absolute atomic E-state index is 13.7. The van der Waals surface area contributed by atoms with Crippen molar-refractivity contribution in [2.24, 2.45) is 10.2 Å². The van der Waals surface area contributed by atoms with Crippen LogP contribution in [-0.4, -0.2) is 42.6 Å². The van der Waals surface area contributed by atoms with Crippen LogP contribution in [0.5, 0.6) is 11.6 Å². The highest BCUT2D eigenvalue weighted by Crippen LogP contribution is 2.35. The number of halogens is 1. The number of para-hydroxylation sites is 1. The summed E-state index contributed by atoms with van der Waals surface area (Å²) in [5.74, 6) is -0.581. The quantitative estimate of drug-likeness (QED) is 0.132. The number of azo groups is 1. The van der Waals surface area contributed by atoms with Crippen molar-refractivity contribution in [3.8, 4) is 11.6 Å². The van der Waals surface area contributed by atoms with E-state index in [-0.39, 0.29) is 22.2 Å². The number of hydrogen-bond acceptors (Lipinski definition) is 7. The summed E-state index contributed by atoms with van der Waals surface area (Å²) in [6.07, 6.45) is 5.11. The summed E-state index contributed by atoms with van der Waals surface area (Å²) in [4.78, 5) is 19.7. The Bertz CT molecular complexity index is 1810. The lowest BCUT2D eigenvalue weighted by atomic mass is 10.2. The number of aromatic amines is 1. The normalized spacial score (nSPS) is 11.6. The van der Waals surface area contributed by atoms with Crippen molar-refractivity contribution in [1.82, 2.24) is 9.97 Å². The molecule has 0 spiro atoms. The van der Waals surface area contributed by atoms with Crippen LogP contribution < -0.4 is 9.04 Å². The number of aryl methyl sites for hydroxylation is 1. The summed E-state index contributed by atoms with van der Waals surface area (Å²) in [6.45, 7) is -0.188. The van der Waals surface area contributed by atoms with Gasteiger partial charge in [0.25, 0.3) is 15.9 Å². The molecule has 0 aliphatic rings. The highest BCUT2D eigenvalue weighted by atomic mass is 35.5. The van der Waals surface area contributed by atoms with E-state index in [1.165, 1.54) is 36.4 Å². The molecule has 0 saturated carbocycles. The van der Waals surface area contributed by atoms with Gasteiger partial charge in [0.1, 0.15) is 12.3 Å². The third kappa shape index (κ3) is 6.76. The third-order valence-electron chi connectivity index (χ3n) is 6.33. The van der Waals surface area contributed by atoms with Gasteiger partial charge in [-0.25, -0.2) is 8.42 Å². The van der Waals surface area contributed by atoms with E-state index in [0.29, 0.717) is 28.3 Å². The van der Waals surface area contributed by atoms with Gasteiger partial charge in [-0.05, 0) is 79.1 Å². The number of carbonyl (C=O) groups is 1. The molecule has 0 aliphatic carbocycles. The molecule has 2 heterocycles. The molecule has 0 unspecified atom stereocenters. The molecule has 0 radical (unpaired) electrons. The van der Waals surface area contributed by atoms with E-state index in [1.807, 2.05) is 18.3 Å². The minimum absolute atomic E-state index is 0.0424. The largest absolute Gasteiger partial charge is 0.494 e. The summed E-state index contributed by atoms with van der Waals surface area (Å²) in [5.41, 5.74) is 2.02. The molecule has 214 valence electrons. The van der Waals surface area contributed by atoms with E-state index in [9.17, 15) is 18.3 Å². The Labute approximate surface area is 247 Å². The molecule has 0 atom stereocenters. The number of rotatable bonds is 11. The van der Waals surface area contributed by atoms with Gasteiger partial charge in [-0.1, -0.05) is 35.9 Å². The van der Waals surface area contributed by atoms with Gasteiger partial charge in [0.15, 0.2) is 5.69 Å². The Hall–Kier alpha value is -4.74. The molecule has 0 saturated heterocycles. The van der Waals surface area contributed by atoms with Gasteiger partial charge in [-0.3, -0.25) is 14.1 Å². The SMILES string of the molecule is O=C(CN(c1ccc(Cl)cc1)S(=O)(=O)c1ccc(OCCCc2cccnc2)cc1)N=Nc1c(O)[nH]c2ccccc12. The van der Waals surface area contributed by atoms with Crippen LogP contribution in [0.3, 0.4) is 0 Å². The second-order valence-electron chi connectivity index (χ2n) is 9.23. The van der Waals surface area contributed by atoms with Crippen LogP contribution in [0.15, 0.2) is 112 Å². The average Bonchev–Trinajstić information content (AvgIpc) is 3.33. The van der Waals surface area contributed by atoms with Crippen LogP contribution >= 0.6 is 11.6 Å². The zero-order chi connectivity index (χ0) is 29.5. The van der Waals surface area contributed by atoms with Gasteiger partial charge in [0, 0.05) is 22.8 Å². The molecule has 0 fully saturated rings. The summed E-state index contributed by atoms with van der Waals surface area (Å²) in [7, 11) is -4.21. The Kier molecular flexibility index (Phi) is 8.80. The number of pyridine rings is 1. The number of nitrogens with zero attached hydrogens (tertiary/aromatic N) is 4. The predicted octanol–water partition coefficient (Wildman–Crippen LogP) is 6.44. The number of hydrogen-bond donors (Lipinski definition) is 2. The average molecular weight is 604 g/mol. The first-order valence-electron chi connectivity index (χ1n) is 13.0. The van der Waals surface area contributed by atoms with E-state index >= 15 is 0 Å². The smallest absolute Gasteiger partial charge is 0.285 e. The molecule has 2 N–H and O–H groups in total. The zero-order valence-electron chi connectivity index (χ0n) is 22.2. The van der Waals surface area contributed by atoms with Crippen LogP contribution in [0.1, 0.15) is 12.0 Å². The third-order valence-corrected chi connectivity index (χ3v) is 8.37. The van der Waals surface area contributed by atoms with Crippen molar-refractivity contribution in [3.05, 3.63) is 108 Å². The monoisotopic (exact) mass is 603 g/mol. The van der Waals surface area contributed by atoms with Crippen molar-refractivity contribution in [3.63, 3.8) is 0 Å². The Morgan fingerprint density at radius 2 is 1.76 bits per heavy atom. The summed E-state index contributed by atoms with van der Waals surface area (Å²) in [5, 5.41) is 18.8. The van der Waals surface area contributed by atoms with Gasteiger partial charge in [0.2, 0.25) is 5.88 Å². The first kappa shape index (κ1) is 28.8. The zero-order valence-corrected chi connectivity index (χ0v) is 23.8. The first-order valence-corrected chi connectivity index (χ1v) is 14.8. The van der Waals surface area contributed by atoms with Crippen LogP contribution in [0.25, 0.3) is 10.9 Å². The fourth-order valence-corrected chi connectivity index (χ4v) is 5.78. The number of carbonyl (C=O) groups excluding carboxylic acids is 1. The lowest BCUT2D eigenvalue weighted by Crippen LogP contribution is -2.35. The number of amides is 1. The van der Waals surface area contributed by atoms with E-state index < -0.39 is 22.5 Å². The van der Waals surface area contributed by atoms with Gasteiger partial charge in [-0.15, -0.1) is 10.2 Å². The number of fused-ring (bicyclic) bond motifs is 1. The molecule has 5 rings (SSSR count). The molecule has 5 aromatic rings. The molecule has 10 nitrogen and oxygen atoms in total. The number of sulfonamides is 1. The molecule has 3 aromatic carbocycles. The molecule has 12 heteroatoms. The molecular formula is C30H26ClN5O5S. The molecule has 1 amide bonds. The van der Waals surface area contributed by atoms with Crippen molar-refractivity contribution in [1.29, 1.82) is 0 Å². The number of aromatic nitrogens is 2. The highest BCUT2D eigenvalue weighted by Gasteiger charge is 2.27. The van der Waals surface area contributed by atoms with E-state index in [1.54, 1.807) is 42.6 Å². The van der Waals surface area contributed by atoms with E-state index in [4.69, 9.17) is 16.3 Å². The predicted molar refractivity (Wildman–Crippen MR) is 160 cm³/mol. The number of benzene rings is 3. The Morgan fingerprint density at radius 3 is 2.50 bits per heavy atom. The van der Waals surface area contributed by atoms with Crippen LogP contribution in [0.4, 0.5) is 11.4 Å². The van der Waals surface area contributed by atoms with E-state index in [2.05, 4.69) is 20.2 Å². The van der Waals surface area contributed by atoms with Crippen LogP contribution in [-0.2, 0) is 21.2 Å². The van der Waals surface area contributed by atoms with Crippen molar-refractivity contribution in [2.75, 3.05) is 17.5 Å². The number of nitrogens with one attached hydrogen (secondary N) is 1. The van der Waals surface area contributed by atoms with Crippen molar-refractivity contribution < 1.29 is 23.1 Å².